The normalized spacial score (nSPS) is 12.4. The van der Waals surface area contributed by atoms with Crippen LogP contribution in [0, 0.1) is 0 Å². The highest BCUT2D eigenvalue weighted by molar-refractivity contribution is 7.07. The average molecular weight is 249 g/mol. The first kappa shape index (κ1) is 12.0. The van der Waals surface area contributed by atoms with Crippen LogP contribution < -0.4 is 16.0 Å². The van der Waals surface area contributed by atoms with Crippen LogP contribution in [0.2, 0.25) is 0 Å². The van der Waals surface area contributed by atoms with Gasteiger partial charge in [-0.3, -0.25) is 11.3 Å². The molecule has 0 fully saturated rings. The predicted molar refractivity (Wildman–Crippen MR) is 68.9 cm³/mol. The maximum absolute atomic E-state index is 5.58. The van der Waals surface area contributed by atoms with Gasteiger partial charge >= 0.3 is 0 Å². The molecule has 2 heterocycles. The molecule has 90 valence electrons. The summed E-state index contributed by atoms with van der Waals surface area (Å²) in [5.41, 5.74) is 5.16. The third kappa shape index (κ3) is 3.03. The zero-order chi connectivity index (χ0) is 12.1. The first-order valence-corrected chi connectivity index (χ1v) is 6.25. The fourth-order valence-electron chi connectivity index (χ4n) is 1.63. The Morgan fingerprint density at radius 3 is 2.88 bits per heavy atom. The molecule has 3 N–H and O–H groups in total. The number of thiophene rings is 1. The molecule has 0 aliphatic carbocycles. The topological polar surface area (TPSA) is 60.2 Å². The summed E-state index contributed by atoms with van der Waals surface area (Å²) in [7, 11) is 1.61. The Bertz CT molecular complexity index is 441. The lowest BCUT2D eigenvalue weighted by molar-refractivity contribution is 0.397. The van der Waals surface area contributed by atoms with Gasteiger partial charge in [-0.15, -0.1) is 0 Å². The number of rotatable bonds is 5. The molecule has 1 atom stereocenters. The lowest BCUT2D eigenvalue weighted by Gasteiger charge is -2.14. The van der Waals surface area contributed by atoms with Gasteiger partial charge in [-0.25, -0.2) is 4.98 Å². The molecule has 5 heteroatoms. The second kappa shape index (κ2) is 5.77. The number of nitrogens with two attached hydrogens (primary N) is 1. The van der Waals surface area contributed by atoms with E-state index >= 15 is 0 Å². The van der Waals surface area contributed by atoms with Crippen LogP contribution in [-0.2, 0) is 6.42 Å². The van der Waals surface area contributed by atoms with E-state index in [4.69, 9.17) is 10.6 Å². The van der Waals surface area contributed by atoms with Crippen molar-refractivity contribution >= 4 is 11.3 Å². The Morgan fingerprint density at radius 2 is 2.35 bits per heavy atom. The van der Waals surface area contributed by atoms with Gasteiger partial charge in [-0.1, -0.05) is 6.07 Å². The van der Waals surface area contributed by atoms with Crippen LogP contribution in [0.4, 0.5) is 0 Å². The third-order valence-corrected chi connectivity index (χ3v) is 3.29. The van der Waals surface area contributed by atoms with Crippen LogP contribution in [0.1, 0.15) is 17.2 Å². The van der Waals surface area contributed by atoms with E-state index in [9.17, 15) is 0 Å². The highest BCUT2D eigenvalue weighted by Crippen LogP contribution is 2.20. The Hall–Kier alpha value is -1.43. The van der Waals surface area contributed by atoms with Gasteiger partial charge in [-0.05, 0) is 34.4 Å². The maximum atomic E-state index is 5.58. The van der Waals surface area contributed by atoms with Gasteiger partial charge in [0.2, 0.25) is 5.88 Å². The number of hydrogen-bond acceptors (Lipinski definition) is 5. The monoisotopic (exact) mass is 249 g/mol. The molecule has 2 aromatic rings. The number of ether oxygens (including phenoxy) is 1. The summed E-state index contributed by atoms with van der Waals surface area (Å²) >= 11 is 1.67. The molecular formula is C12H15N3OS. The lowest BCUT2D eigenvalue weighted by Crippen LogP contribution is -2.29. The number of nitrogens with zero attached hydrogens (tertiary/aromatic N) is 1. The fraction of sp³-hybridized carbons (Fsp3) is 0.250. The molecule has 0 amide bonds. The summed E-state index contributed by atoms with van der Waals surface area (Å²) in [4.78, 5) is 4.18. The van der Waals surface area contributed by atoms with Gasteiger partial charge in [0.15, 0.2) is 0 Å². The molecule has 0 aliphatic heterocycles. The first-order chi connectivity index (χ1) is 8.33. The quantitative estimate of drug-likeness (QED) is 0.627. The van der Waals surface area contributed by atoms with Crippen LogP contribution >= 0.6 is 11.3 Å². The number of hydrogen-bond donors (Lipinski definition) is 2. The summed E-state index contributed by atoms with van der Waals surface area (Å²) in [5.74, 6) is 6.20. The van der Waals surface area contributed by atoms with E-state index in [-0.39, 0.29) is 6.04 Å². The molecule has 2 rings (SSSR count). The van der Waals surface area contributed by atoms with Crippen LogP contribution in [0.3, 0.4) is 0 Å². The van der Waals surface area contributed by atoms with Crippen molar-refractivity contribution in [3.05, 3.63) is 46.3 Å². The Labute approximate surface area is 104 Å². The van der Waals surface area contributed by atoms with Crippen LogP contribution in [0.5, 0.6) is 5.88 Å². The minimum atomic E-state index is 0.122. The molecule has 0 aromatic carbocycles. The van der Waals surface area contributed by atoms with Crippen molar-refractivity contribution in [2.75, 3.05) is 7.11 Å². The zero-order valence-corrected chi connectivity index (χ0v) is 10.4. The molecule has 17 heavy (non-hydrogen) atoms. The van der Waals surface area contributed by atoms with Gasteiger partial charge in [0.05, 0.1) is 13.2 Å². The minimum Gasteiger partial charge on any atom is -0.481 e. The molecule has 2 aromatic heterocycles. The van der Waals surface area contributed by atoms with Crippen molar-refractivity contribution in [1.29, 1.82) is 0 Å². The van der Waals surface area contributed by atoms with E-state index < -0.39 is 0 Å². The largest absolute Gasteiger partial charge is 0.481 e. The van der Waals surface area contributed by atoms with Gasteiger partial charge < -0.3 is 4.74 Å². The van der Waals surface area contributed by atoms with Crippen molar-refractivity contribution in [2.45, 2.75) is 12.5 Å². The lowest BCUT2D eigenvalue weighted by atomic mass is 10.0. The average Bonchev–Trinajstić information content (AvgIpc) is 2.90. The van der Waals surface area contributed by atoms with Crippen molar-refractivity contribution in [3.63, 3.8) is 0 Å². The van der Waals surface area contributed by atoms with Gasteiger partial charge in [-0.2, -0.15) is 11.3 Å². The summed E-state index contributed by atoms with van der Waals surface area (Å²) in [6.07, 6.45) is 2.62. The molecule has 0 bridgehead atoms. The van der Waals surface area contributed by atoms with Crippen LogP contribution in [0.15, 0.2) is 35.2 Å². The molecule has 0 saturated heterocycles. The summed E-state index contributed by atoms with van der Waals surface area (Å²) < 4.78 is 5.02. The molecule has 0 saturated carbocycles. The third-order valence-electron chi connectivity index (χ3n) is 2.59. The second-order valence-electron chi connectivity index (χ2n) is 3.69. The van der Waals surface area contributed by atoms with E-state index in [2.05, 4.69) is 21.9 Å². The zero-order valence-electron chi connectivity index (χ0n) is 9.59. The highest BCUT2D eigenvalue weighted by Gasteiger charge is 2.11. The van der Waals surface area contributed by atoms with Crippen LogP contribution in [-0.4, -0.2) is 12.1 Å². The van der Waals surface area contributed by atoms with Crippen molar-refractivity contribution in [2.24, 2.45) is 5.84 Å². The standard InChI is InChI=1S/C12H15N3OS/c1-16-12-3-2-9(7-14-12)6-11(15-13)10-4-5-17-8-10/h2-5,7-8,11,15H,6,13H2,1H3. The summed E-state index contributed by atoms with van der Waals surface area (Å²) in [6.45, 7) is 0. The number of nitrogens with one attached hydrogen (secondary N) is 1. The second-order valence-corrected chi connectivity index (χ2v) is 4.47. The fourth-order valence-corrected chi connectivity index (χ4v) is 2.35. The molecule has 0 spiro atoms. The highest BCUT2D eigenvalue weighted by atomic mass is 32.1. The smallest absolute Gasteiger partial charge is 0.212 e. The Balaban J connectivity index is 2.07. The number of hydrazine groups is 1. The van der Waals surface area contributed by atoms with Crippen molar-refractivity contribution in [1.82, 2.24) is 10.4 Å². The van der Waals surface area contributed by atoms with E-state index in [1.807, 2.05) is 23.7 Å². The van der Waals surface area contributed by atoms with Gasteiger partial charge in [0.1, 0.15) is 0 Å². The number of pyridine rings is 1. The predicted octanol–water partition coefficient (Wildman–Crippen LogP) is 1.90. The number of methoxy groups -OCH3 is 1. The van der Waals surface area contributed by atoms with E-state index in [0.717, 1.165) is 12.0 Å². The summed E-state index contributed by atoms with van der Waals surface area (Å²) in [6, 6.07) is 6.06. The van der Waals surface area contributed by atoms with E-state index in [1.54, 1.807) is 18.4 Å². The van der Waals surface area contributed by atoms with Gasteiger partial charge in [0.25, 0.3) is 0 Å². The van der Waals surface area contributed by atoms with Crippen LogP contribution in [0.25, 0.3) is 0 Å². The Morgan fingerprint density at radius 1 is 1.47 bits per heavy atom. The molecule has 0 aliphatic rings. The molecule has 1 unspecified atom stereocenters. The molecule has 4 nitrogen and oxygen atoms in total. The first-order valence-electron chi connectivity index (χ1n) is 5.30. The van der Waals surface area contributed by atoms with Crippen molar-refractivity contribution < 1.29 is 4.74 Å². The van der Waals surface area contributed by atoms with E-state index in [0.29, 0.717) is 5.88 Å². The minimum absolute atomic E-state index is 0.122. The SMILES string of the molecule is COc1ccc(CC(NN)c2ccsc2)cn1. The maximum Gasteiger partial charge on any atom is 0.212 e. The summed E-state index contributed by atoms with van der Waals surface area (Å²) in [5, 5.41) is 4.15. The van der Waals surface area contributed by atoms with Crippen molar-refractivity contribution in [3.8, 4) is 5.88 Å². The number of aromatic nitrogens is 1. The molecular weight excluding hydrogens is 234 g/mol. The van der Waals surface area contributed by atoms with Gasteiger partial charge in [0, 0.05) is 12.3 Å². The van der Waals surface area contributed by atoms with E-state index in [1.165, 1.54) is 5.56 Å². The molecule has 0 radical (unpaired) electrons. The Kier molecular flexibility index (Phi) is 4.08.